The highest BCUT2D eigenvalue weighted by atomic mass is 79.9. The smallest absolute Gasteiger partial charge is 0.153 e. The summed E-state index contributed by atoms with van der Waals surface area (Å²) < 4.78 is 15.7. The van der Waals surface area contributed by atoms with Gasteiger partial charge in [0.25, 0.3) is 0 Å². The number of hydrogen-bond donors (Lipinski definition) is 1. The van der Waals surface area contributed by atoms with Crippen molar-refractivity contribution in [2.75, 3.05) is 6.54 Å². The van der Waals surface area contributed by atoms with Crippen molar-refractivity contribution in [3.05, 3.63) is 45.4 Å². The van der Waals surface area contributed by atoms with Crippen LogP contribution in [0.4, 0.5) is 4.39 Å². The molecule has 0 fully saturated rings. The standard InChI is InChI=1S/C13H16BrFN4/c1-4-16-11(12-13(14)17-18-19(12)3)10-6-5-9(15)7-8(10)2/h5-7,11,16H,4H2,1-3H3. The minimum absolute atomic E-state index is 0.0695. The molecule has 0 bridgehead atoms. The van der Waals surface area contributed by atoms with Crippen LogP contribution in [0.5, 0.6) is 0 Å². The monoisotopic (exact) mass is 326 g/mol. The summed E-state index contributed by atoms with van der Waals surface area (Å²) in [7, 11) is 1.84. The number of benzene rings is 1. The zero-order valence-corrected chi connectivity index (χ0v) is 12.7. The summed E-state index contributed by atoms with van der Waals surface area (Å²) in [6, 6.07) is 4.75. The number of rotatable bonds is 4. The van der Waals surface area contributed by atoms with E-state index in [1.54, 1.807) is 10.7 Å². The Balaban J connectivity index is 2.51. The molecule has 6 heteroatoms. The van der Waals surface area contributed by atoms with Crippen LogP contribution >= 0.6 is 15.9 Å². The van der Waals surface area contributed by atoms with E-state index < -0.39 is 0 Å². The molecule has 0 radical (unpaired) electrons. The first-order chi connectivity index (χ1) is 9.04. The van der Waals surface area contributed by atoms with Crippen molar-refractivity contribution >= 4 is 15.9 Å². The van der Waals surface area contributed by atoms with Gasteiger partial charge >= 0.3 is 0 Å². The van der Waals surface area contributed by atoms with E-state index in [1.165, 1.54) is 12.1 Å². The van der Waals surface area contributed by atoms with E-state index in [0.29, 0.717) is 4.60 Å². The van der Waals surface area contributed by atoms with Gasteiger partial charge in [0.05, 0.1) is 11.7 Å². The van der Waals surface area contributed by atoms with Crippen molar-refractivity contribution in [3.63, 3.8) is 0 Å². The van der Waals surface area contributed by atoms with Crippen molar-refractivity contribution in [1.29, 1.82) is 0 Å². The fourth-order valence-electron chi connectivity index (χ4n) is 2.17. The highest BCUT2D eigenvalue weighted by Crippen LogP contribution is 2.28. The summed E-state index contributed by atoms with van der Waals surface area (Å²) in [5, 5.41) is 11.4. The van der Waals surface area contributed by atoms with Crippen molar-refractivity contribution in [3.8, 4) is 0 Å². The van der Waals surface area contributed by atoms with Crippen LogP contribution in [0.2, 0.25) is 0 Å². The summed E-state index contributed by atoms with van der Waals surface area (Å²) in [6.07, 6.45) is 0. The molecule has 0 aliphatic carbocycles. The Hall–Kier alpha value is -1.27. The zero-order chi connectivity index (χ0) is 14.0. The quantitative estimate of drug-likeness (QED) is 0.939. The van der Waals surface area contributed by atoms with Gasteiger partial charge in [-0.2, -0.15) is 0 Å². The Morgan fingerprint density at radius 1 is 1.47 bits per heavy atom. The second-order valence-corrected chi connectivity index (χ2v) is 5.13. The third-order valence-electron chi connectivity index (χ3n) is 3.05. The van der Waals surface area contributed by atoms with E-state index in [4.69, 9.17) is 0 Å². The normalized spacial score (nSPS) is 12.7. The molecule has 2 rings (SSSR count). The van der Waals surface area contributed by atoms with Crippen LogP contribution in [-0.4, -0.2) is 21.5 Å². The van der Waals surface area contributed by atoms with Gasteiger partial charge in [-0.1, -0.05) is 18.2 Å². The van der Waals surface area contributed by atoms with Crippen LogP contribution in [-0.2, 0) is 7.05 Å². The Morgan fingerprint density at radius 2 is 2.21 bits per heavy atom. The molecule has 4 nitrogen and oxygen atoms in total. The first-order valence-electron chi connectivity index (χ1n) is 6.09. The molecular weight excluding hydrogens is 311 g/mol. The van der Waals surface area contributed by atoms with Crippen molar-refractivity contribution in [2.45, 2.75) is 19.9 Å². The number of hydrogen-bond acceptors (Lipinski definition) is 3. The largest absolute Gasteiger partial charge is 0.305 e. The van der Waals surface area contributed by atoms with Gasteiger partial charge in [-0.15, -0.1) is 5.10 Å². The summed E-state index contributed by atoms with van der Waals surface area (Å²) in [6.45, 7) is 4.73. The molecule has 0 amide bonds. The van der Waals surface area contributed by atoms with Crippen LogP contribution < -0.4 is 5.32 Å². The summed E-state index contributed by atoms with van der Waals surface area (Å²) in [5.74, 6) is -0.223. The molecule has 1 aromatic heterocycles. The second-order valence-electron chi connectivity index (χ2n) is 4.38. The van der Waals surface area contributed by atoms with Crippen LogP contribution in [0.1, 0.15) is 29.8 Å². The zero-order valence-electron chi connectivity index (χ0n) is 11.1. The summed E-state index contributed by atoms with van der Waals surface area (Å²) in [5.41, 5.74) is 2.85. The number of aryl methyl sites for hydroxylation is 2. The van der Waals surface area contributed by atoms with E-state index >= 15 is 0 Å². The van der Waals surface area contributed by atoms with E-state index in [1.807, 2.05) is 20.9 Å². The Kier molecular flexibility index (Phi) is 4.31. The van der Waals surface area contributed by atoms with Gasteiger partial charge in [0.15, 0.2) is 4.60 Å². The van der Waals surface area contributed by atoms with Gasteiger partial charge in [0.2, 0.25) is 0 Å². The fourth-order valence-corrected chi connectivity index (χ4v) is 2.72. The molecule has 1 N–H and O–H groups in total. The van der Waals surface area contributed by atoms with E-state index in [9.17, 15) is 4.39 Å². The van der Waals surface area contributed by atoms with Crippen LogP contribution in [0.25, 0.3) is 0 Å². The van der Waals surface area contributed by atoms with Crippen molar-refractivity contribution < 1.29 is 4.39 Å². The molecule has 0 aliphatic heterocycles. The fraction of sp³-hybridized carbons (Fsp3) is 0.385. The molecule has 102 valence electrons. The molecule has 2 aromatic rings. The lowest BCUT2D eigenvalue weighted by molar-refractivity contribution is 0.562. The Morgan fingerprint density at radius 3 is 2.74 bits per heavy atom. The van der Waals surface area contributed by atoms with Gasteiger partial charge in [-0.3, -0.25) is 0 Å². The maximum atomic E-state index is 13.2. The lowest BCUT2D eigenvalue weighted by Gasteiger charge is -2.20. The number of halogens is 2. The maximum absolute atomic E-state index is 13.2. The molecule has 0 saturated heterocycles. The first-order valence-corrected chi connectivity index (χ1v) is 6.88. The third-order valence-corrected chi connectivity index (χ3v) is 3.62. The first kappa shape index (κ1) is 14.1. The average molecular weight is 327 g/mol. The SMILES string of the molecule is CCNC(c1ccc(F)cc1C)c1c(Br)nnn1C. The predicted molar refractivity (Wildman–Crippen MR) is 75.4 cm³/mol. The Bertz CT molecular complexity index is 563. The molecule has 1 unspecified atom stereocenters. The van der Waals surface area contributed by atoms with E-state index in [0.717, 1.165) is 23.4 Å². The number of nitrogens with one attached hydrogen (secondary N) is 1. The molecule has 0 saturated carbocycles. The van der Waals surface area contributed by atoms with Gasteiger partial charge in [0.1, 0.15) is 5.82 Å². The topological polar surface area (TPSA) is 42.7 Å². The van der Waals surface area contributed by atoms with Crippen LogP contribution in [0, 0.1) is 12.7 Å². The maximum Gasteiger partial charge on any atom is 0.153 e. The minimum Gasteiger partial charge on any atom is -0.305 e. The predicted octanol–water partition coefficient (Wildman–Crippen LogP) is 2.72. The van der Waals surface area contributed by atoms with Gasteiger partial charge in [-0.05, 0) is 52.7 Å². The van der Waals surface area contributed by atoms with Crippen LogP contribution in [0.15, 0.2) is 22.8 Å². The molecule has 0 spiro atoms. The molecule has 19 heavy (non-hydrogen) atoms. The van der Waals surface area contributed by atoms with E-state index in [-0.39, 0.29) is 11.9 Å². The Labute approximate surface area is 120 Å². The summed E-state index contributed by atoms with van der Waals surface area (Å²) >= 11 is 3.42. The summed E-state index contributed by atoms with van der Waals surface area (Å²) in [4.78, 5) is 0. The number of aromatic nitrogens is 3. The van der Waals surface area contributed by atoms with Crippen LogP contribution in [0.3, 0.4) is 0 Å². The molecular formula is C13H16BrFN4. The lowest BCUT2D eigenvalue weighted by atomic mass is 9.99. The molecule has 1 atom stereocenters. The van der Waals surface area contributed by atoms with Gasteiger partial charge in [0, 0.05) is 7.05 Å². The second kappa shape index (κ2) is 5.79. The van der Waals surface area contributed by atoms with E-state index in [2.05, 4.69) is 31.6 Å². The van der Waals surface area contributed by atoms with Gasteiger partial charge < -0.3 is 5.32 Å². The minimum atomic E-state index is -0.223. The highest BCUT2D eigenvalue weighted by Gasteiger charge is 2.22. The number of nitrogens with zero attached hydrogens (tertiary/aromatic N) is 3. The highest BCUT2D eigenvalue weighted by molar-refractivity contribution is 9.10. The third kappa shape index (κ3) is 2.84. The average Bonchev–Trinajstić information content (AvgIpc) is 2.67. The molecule has 0 aliphatic rings. The van der Waals surface area contributed by atoms with Crippen molar-refractivity contribution in [1.82, 2.24) is 20.3 Å². The molecule has 1 heterocycles. The van der Waals surface area contributed by atoms with Gasteiger partial charge in [-0.25, -0.2) is 9.07 Å². The molecule has 1 aromatic carbocycles. The van der Waals surface area contributed by atoms with Crippen molar-refractivity contribution in [2.24, 2.45) is 7.05 Å². The lowest BCUT2D eigenvalue weighted by Crippen LogP contribution is -2.25.